The van der Waals surface area contributed by atoms with E-state index in [-0.39, 0.29) is 30.4 Å². The van der Waals surface area contributed by atoms with E-state index in [9.17, 15) is 9.59 Å². The summed E-state index contributed by atoms with van der Waals surface area (Å²) in [4.78, 5) is 24.8. The van der Waals surface area contributed by atoms with Gasteiger partial charge < -0.3 is 10.2 Å². The third-order valence-electron chi connectivity index (χ3n) is 2.81. The Labute approximate surface area is 104 Å². The molecule has 0 radical (unpaired) electrons. The van der Waals surface area contributed by atoms with Crippen molar-refractivity contribution in [3.05, 3.63) is 0 Å². The summed E-state index contributed by atoms with van der Waals surface area (Å²) < 4.78 is 0. The molecule has 0 saturated heterocycles. The summed E-state index contributed by atoms with van der Waals surface area (Å²) in [5.41, 5.74) is 0. The van der Waals surface area contributed by atoms with E-state index in [4.69, 9.17) is 0 Å². The van der Waals surface area contributed by atoms with Gasteiger partial charge in [0.25, 0.3) is 0 Å². The zero-order chi connectivity index (χ0) is 13.4. The number of carbonyl (C=O) groups excluding carboxylic acids is 2. The second-order valence-corrected chi connectivity index (χ2v) is 4.33. The van der Waals surface area contributed by atoms with Crippen LogP contribution in [0.25, 0.3) is 0 Å². The average molecular weight is 243 g/mol. The fraction of sp³-hybridized carbons (Fsp3) is 0.833. The molecule has 5 heteroatoms. The minimum absolute atomic E-state index is 0.00356. The highest BCUT2D eigenvalue weighted by molar-refractivity contribution is 5.83. The Bertz CT molecular complexity index is 256. The highest BCUT2D eigenvalue weighted by Crippen LogP contribution is 1.91. The molecule has 0 fully saturated rings. The van der Waals surface area contributed by atoms with Crippen molar-refractivity contribution >= 4 is 11.8 Å². The molecule has 0 spiro atoms. The number of nitrogens with one attached hydrogen (secondary N) is 2. The first kappa shape index (κ1) is 15.9. The van der Waals surface area contributed by atoms with Crippen LogP contribution >= 0.6 is 0 Å². The van der Waals surface area contributed by atoms with Gasteiger partial charge in [-0.25, -0.2) is 0 Å². The standard InChI is InChI=1S/C12H25N3O2/c1-6-9(3)14-11(16)8-13-10(4)12(17)15(5)7-2/h9-10,13H,6-8H2,1-5H3,(H,14,16). The van der Waals surface area contributed by atoms with Gasteiger partial charge in [0.2, 0.25) is 11.8 Å². The first-order valence-electron chi connectivity index (χ1n) is 6.20. The van der Waals surface area contributed by atoms with Crippen LogP contribution in [-0.2, 0) is 9.59 Å². The molecule has 2 atom stereocenters. The van der Waals surface area contributed by atoms with Crippen LogP contribution < -0.4 is 10.6 Å². The van der Waals surface area contributed by atoms with E-state index in [0.717, 1.165) is 6.42 Å². The molecule has 5 nitrogen and oxygen atoms in total. The van der Waals surface area contributed by atoms with Crippen LogP contribution in [0.1, 0.15) is 34.1 Å². The molecule has 17 heavy (non-hydrogen) atoms. The number of nitrogens with zero attached hydrogens (tertiary/aromatic N) is 1. The maximum atomic E-state index is 11.7. The SMILES string of the molecule is CCC(C)NC(=O)CNC(C)C(=O)N(C)CC. The number of hydrogen-bond donors (Lipinski definition) is 2. The van der Waals surface area contributed by atoms with E-state index in [2.05, 4.69) is 10.6 Å². The highest BCUT2D eigenvalue weighted by Gasteiger charge is 2.16. The minimum Gasteiger partial charge on any atom is -0.353 e. The van der Waals surface area contributed by atoms with E-state index < -0.39 is 0 Å². The second kappa shape index (κ2) is 8.06. The van der Waals surface area contributed by atoms with Crippen molar-refractivity contribution in [1.29, 1.82) is 0 Å². The molecule has 0 aliphatic carbocycles. The molecule has 0 heterocycles. The predicted octanol–water partition coefficient (Wildman–Crippen LogP) is 0.358. The lowest BCUT2D eigenvalue weighted by atomic mass is 10.2. The monoisotopic (exact) mass is 243 g/mol. The van der Waals surface area contributed by atoms with Crippen LogP contribution in [0.4, 0.5) is 0 Å². The smallest absolute Gasteiger partial charge is 0.239 e. The van der Waals surface area contributed by atoms with Crippen LogP contribution in [-0.4, -0.2) is 48.9 Å². The number of rotatable bonds is 7. The normalized spacial score (nSPS) is 13.9. The molecule has 0 aromatic rings. The lowest BCUT2D eigenvalue weighted by Crippen LogP contribution is -2.47. The largest absolute Gasteiger partial charge is 0.353 e. The lowest BCUT2D eigenvalue weighted by Gasteiger charge is -2.20. The maximum Gasteiger partial charge on any atom is 0.239 e. The van der Waals surface area contributed by atoms with E-state index >= 15 is 0 Å². The van der Waals surface area contributed by atoms with Gasteiger partial charge in [-0.2, -0.15) is 0 Å². The van der Waals surface area contributed by atoms with E-state index in [0.29, 0.717) is 6.54 Å². The van der Waals surface area contributed by atoms with Gasteiger partial charge in [-0.15, -0.1) is 0 Å². The summed E-state index contributed by atoms with van der Waals surface area (Å²) in [6.45, 7) is 8.50. The fourth-order valence-electron chi connectivity index (χ4n) is 1.25. The van der Waals surface area contributed by atoms with Gasteiger partial charge in [-0.3, -0.25) is 14.9 Å². The summed E-state index contributed by atoms with van der Waals surface area (Å²) in [5, 5.41) is 5.76. The molecule has 0 aliphatic rings. The Morgan fingerprint density at radius 1 is 1.24 bits per heavy atom. The first-order valence-corrected chi connectivity index (χ1v) is 6.20. The zero-order valence-corrected chi connectivity index (χ0v) is 11.5. The molecule has 0 rings (SSSR count). The maximum absolute atomic E-state index is 11.7. The Hall–Kier alpha value is -1.10. The van der Waals surface area contributed by atoms with Crippen molar-refractivity contribution < 1.29 is 9.59 Å². The zero-order valence-electron chi connectivity index (χ0n) is 11.5. The van der Waals surface area contributed by atoms with Gasteiger partial charge in [-0.05, 0) is 27.2 Å². The summed E-state index contributed by atoms with van der Waals surface area (Å²) in [6, 6.07) is -0.156. The van der Waals surface area contributed by atoms with E-state index in [1.807, 2.05) is 20.8 Å². The molecule has 2 unspecified atom stereocenters. The number of carbonyl (C=O) groups is 2. The van der Waals surface area contributed by atoms with Crippen molar-refractivity contribution in [3.63, 3.8) is 0 Å². The molecule has 0 bridgehead atoms. The Balaban J connectivity index is 3.95. The van der Waals surface area contributed by atoms with Crippen LogP contribution in [0.15, 0.2) is 0 Å². The van der Waals surface area contributed by atoms with Crippen molar-refractivity contribution in [2.24, 2.45) is 0 Å². The summed E-state index contributed by atoms with van der Waals surface area (Å²) in [6.07, 6.45) is 0.902. The summed E-state index contributed by atoms with van der Waals surface area (Å²) >= 11 is 0. The Kier molecular flexibility index (Phi) is 7.54. The van der Waals surface area contributed by atoms with E-state index in [1.54, 1.807) is 18.9 Å². The van der Waals surface area contributed by atoms with Crippen LogP contribution in [0.2, 0.25) is 0 Å². The van der Waals surface area contributed by atoms with Gasteiger partial charge in [0.15, 0.2) is 0 Å². The van der Waals surface area contributed by atoms with E-state index in [1.165, 1.54) is 0 Å². The molecule has 2 amide bonds. The topological polar surface area (TPSA) is 61.4 Å². The fourth-order valence-corrected chi connectivity index (χ4v) is 1.25. The Morgan fingerprint density at radius 3 is 2.29 bits per heavy atom. The summed E-state index contributed by atoms with van der Waals surface area (Å²) in [7, 11) is 1.75. The quantitative estimate of drug-likeness (QED) is 0.678. The molecule has 2 N–H and O–H groups in total. The Morgan fingerprint density at radius 2 is 1.82 bits per heavy atom. The van der Waals surface area contributed by atoms with Crippen LogP contribution in [0.5, 0.6) is 0 Å². The number of amides is 2. The van der Waals surface area contributed by atoms with Gasteiger partial charge in [0.05, 0.1) is 12.6 Å². The van der Waals surface area contributed by atoms with Crippen molar-refractivity contribution in [2.75, 3.05) is 20.1 Å². The third-order valence-corrected chi connectivity index (χ3v) is 2.81. The third kappa shape index (κ3) is 6.26. The first-order chi connectivity index (χ1) is 7.92. The predicted molar refractivity (Wildman–Crippen MR) is 68.7 cm³/mol. The molecule has 0 aromatic carbocycles. The van der Waals surface area contributed by atoms with Crippen LogP contribution in [0.3, 0.4) is 0 Å². The minimum atomic E-state index is -0.331. The van der Waals surface area contributed by atoms with Crippen molar-refractivity contribution in [2.45, 2.75) is 46.2 Å². The molecule has 100 valence electrons. The van der Waals surface area contributed by atoms with Gasteiger partial charge in [0, 0.05) is 19.6 Å². The molecule has 0 aromatic heterocycles. The average Bonchev–Trinajstić information content (AvgIpc) is 2.33. The molecule has 0 saturated carbocycles. The molecular formula is C12H25N3O2. The number of likely N-dealkylation sites (N-methyl/N-ethyl adjacent to an activating group) is 1. The molecular weight excluding hydrogens is 218 g/mol. The van der Waals surface area contributed by atoms with Gasteiger partial charge >= 0.3 is 0 Å². The van der Waals surface area contributed by atoms with Crippen molar-refractivity contribution in [1.82, 2.24) is 15.5 Å². The van der Waals surface area contributed by atoms with Crippen molar-refractivity contribution in [3.8, 4) is 0 Å². The van der Waals surface area contributed by atoms with Gasteiger partial charge in [-0.1, -0.05) is 6.92 Å². The molecule has 0 aliphatic heterocycles. The van der Waals surface area contributed by atoms with Crippen LogP contribution in [0, 0.1) is 0 Å². The van der Waals surface area contributed by atoms with Gasteiger partial charge in [0.1, 0.15) is 0 Å². The number of hydrogen-bond acceptors (Lipinski definition) is 3. The highest BCUT2D eigenvalue weighted by atomic mass is 16.2. The lowest BCUT2D eigenvalue weighted by molar-refractivity contribution is -0.131. The second-order valence-electron chi connectivity index (χ2n) is 4.33. The summed E-state index contributed by atoms with van der Waals surface area (Å²) in [5.74, 6) is -0.0676.